The number of sulfonamides is 1. The number of nitrogens with one attached hydrogen (secondary N) is 1. The van der Waals surface area contributed by atoms with Gasteiger partial charge in [-0.25, -0.2) is 8.42 Å². The van der Waals surface area contributed by atoms with Crippen LogP contribution in [-0.2, 0) is 14.8 Å². The molecule has 0 aliphatic heterocycles. The van der Waals surface area contributed by atoms with Crippen molar-refractivity contribution >= 4 is 33.2 Å². The Labute approximate surface area is 165 Å². The lowest BCUT2D eigenvalue weighted by atomic mass is 10.2. The Morgan fingerprint density at radius 1 is 1.15 bits per heavy atom. The fourth-order valence-corrected chi connectivity index (χ4v) is 3.54. The van der Waals surface area contributed by atoms with Crippen LogP contribution in [0.4, 0.5) is 5.69 Å². The molecule has 8 heteroatoms. The molecule has 0 aromatic heterocycles. The van der Waals surface area contributed by atoms with E-state index in [9.17, 15) is 13.2 Å². The predicted molar refractivity (Wildman–Crippen MR) is 107 cm³/mol. The largest absolute Gasteiger partial charge is 0.484 e. The number of amides is 1. The number of carbonyl (C=O) groups excluding carboxylic acids is 1. The molecule has 2 aromatic carbocycles. The summed E-state index contributed by atoms with van der Waals surface area (Å²) in [7, 11) is -2.22. The molecule has 2 aromatic rings. The summed E-state index contributed by atoms with van der Waals surface area (Å²) < 4.78 is 32.0. The number of nitrogens with zero attached hydrogens (tertiary/aromatic N) is 1. The average molecular weight is 411 g/mol. The summed E-state index contributed by atoms with van der Waals surface area (Å²) in [6.45, 7) is 3.81. The quantitative estimate of drug-likeness (QED) is 0.723. The highest BCUT2D eigenvalue weighted by Crippen LogP contribution is 2.25. The minimum atomic E-state index is -3.69. The smallest absolute Gasteiger partial charge is 0.264 e. The molecule has 27 heavy (non-hydrogen) atoms. The van der Waals surface area contributed by atoms with E-state index in [2.05, 4.69) is 5.32 Å². The van der Waals surface area contributed by atoms with Crippen LogP contribution in [0, 0.1) is 0 Å². The second-order valence-corrected chi connectivity index (χ2v) is 8.49. The SMILES string of the molecule is CC[C@H](C)NC(=O)COc1ccc(N(C)S(=O)(=O)c2ccc(Cl)cc2)cc1. The molecule has 1 atom stereocenters. The number of rotatable bonds is 8. The highest BCUT2D eigenvalue weighted by atomic mass is 35.5. The van der Waals surface area contributed by atoms with Gasteiger partial charge in [0, 0.05) is 18.1 Å². The summed E-state index contributed by atoms with van der Waals surface area (Å²) in [5, 5.41) is 3.28. The molecule has 0 spiro atoms. The zero-order valence-corrected chi connectivity index (χ0v) is 17.0. The second-order valence-electron chi connectivity index (χ2n) is 6.09. The molecule has 0 fully saturated rings. The first kappa shape index (κ1) is 21.1. The van der Waals surface area contributed by atoms with Gasteiger partial charge in [-0.15, -0.1) is 0 Å². The maximum absolute atomic E-state index is 12.7. The van der Waals surface area contributed by atoms with E-state index in [4.69, 9.17) is 16.3 Å². The summed E-state index contributed by atoms with van der Waals surface area (Å²) in [5.74, 6) is 0.284. The van der Waals surface area contributed by atoms with Gasteiger partial charge in [0.1, 0.15) is 5.75 Å². The summed E-state index contributed by atoms with van der Waals surface area (Å²) in [4.78, 5) is 11.9. The van der Waals surface area contributed by atoms with Gasteiger partial charge in [0.05, 0.1) is 10.6 Å². The normalized spacial score (nSPS) is 12.3. The highest BCUT2D eigenvalue weighted by molar-refractivity contribution is 7.92. The summed E-state index contributed by atoms with van der Waals surface area (Å²) in [6.07, 6.45) is 0.842. The van der Waals surface area contributed by atoms with Crippen LogP contribution in [0.1, 0.15) is 20.3 Å². The summed E-state index contributed by atoms with van der Waals surface area (Å²) in [5.41, 5.74) is 0.473. The molecular weight excluding hydrogens is 388 g/mol. The molecule has 1 N–H and O–H groups in total. The number of hydrogen-bond acceptors (Lipinski definition) is 4. The molecule has 1 amide bonds. The van der Waals surface area contributed by atoms with Gasteiger partial charge in [0.25, 0.3) is 15.9 Å². The van der Waals surface area contributed by atoms with Crippen LogP contribution in [0.25, 0.3) is 0 Å². The molecular formula is C19H23ClN2O4S. The monoisotopic (exact) mass is 410 g/mol. The lowest BCUT2D eigenvalue weighted by Crippen LogP contribution is -2.35. The number of hydrogen-bond donors (Lipinski definition) is 1. The molecule has 146 valence electrons. The number of carbonyl (C=O) groups is 1. The van der Waals surface area contributed by atoms with Crippen molar-refractivity contribution in [3.63, 3.8) is 0 Å². The van der Waals surface area contributed by atoms with Gasteiger partial charge < -0.3 is 10.1 Å². The molecule has 0 saturated heterocycles. The number of benzene rings is 2. The zero-order valence-electron chi connectivity index (χ0n) is 15.5. The van der Waals surface area contributed by atoms with Crippen LogP contribution >= 0.6 is 11.6 Å². The van der Waals surface area contributed by atoms with Crippen LogP contribution in [0.15, 0.2) is 53.4 Å². The van der Waals surface area contributed by atoms with Crippen molar-refractivity contribution in [3.8, 4) is 5.75 Å². The first-order chi connectivity index (χ1) is 12.7. The van der Waals surface area contributed by atoms with E-state index in [1.54, 1.807) is 24.3 Å². The standard InChI is InChI=1S/C19H23ClN2O4S/c1-4-14(2)21-19(23)13-26-17-9-7-16(8-10-17)22(3)27(24,25)18-11-5-15(20)6-12-18/h5-12,14H,4,13H2,1-3H3,(H,21,23)/t14-/m0/s1. The maximum Gasteiger partial charge on any atom is 0.264 e. The van der Waals surface area contributed by atoms with E-state index in [-0.39, 0.29) is 23.5 Å². The number of ether oxygens (including phenoxy) is 1. The molecule has 0 aliphatic rings. The van der Waals surface area contributed by atoms with E-state index < -0.39 is 10.0 Å². The van der Waals surface area contributed by atoms with E-state index in [1.165, 1.54) is 35.6 Å². The zero-order chi connectivity index (χ0) is 20.0. The Morgan fingerprint density at radius 2 is 1.74 bits per heavy atom. The first-order valence-corrected chi connectivity index (χ1v) is 10.3. The minimum Gasteiger partial charge on any atom is -0.484 e. The maximum atomic E-state index is 12.7. The number of halogens is 1. The van der Waals surface area contributed by atoms with Gasteiger partial charge >= 0.3 is 0 Å². The Morgan fingerprint density at radius 3 is 2.30 bits per heavy atom. The van der Waals surface area contributed by atoms with Gasteiger partial charge in [-0.05, 0) is 61.9 Å². The van der Waals surface area contributed by atoms with Crippen LogP contribution < -0.4 is 14.4 Å². The topological polar surface area (TPSA) is 75.7 Å². The summed E-state index contributed by atoms with van der Waals surface area (Å²) in [6, 6.07) is 12.6. The molecule has 0 heterocycles. The fourth-order valence-electron chi connectivity index (χ4n) is 2.22. The number of anilines is 1. The van der Waals surface area contributed by atoms with Gasteiger partial charge in [-0.2, -0.15) is 0 Å². The highest BCUT2D eigenvalue weighted by Gasteiger charge is 2.21. The van der Waals surface area contributed by atoms with E-state index in [1.807, 2.05) is 13.8 Å². The Hall–Kier alpha value is -2.25. The van der Waals surface area contributed by atoms with Crippen molar-refractivity contribution in [3.05, 3.63) is 53.6 Å². The Kier molecular flexibility index (Phi) is 7.10. The van der Waals surface area contributed by atoms with Gasteiger partial charge in [0.15, 0.2) is 6.61 Å². The van der Waals surface area contributed by atoms with Gasteiger partial charge in [0.2, 0.25) is 0 Å². The van der Waals surface area contributed by atoms with Crippen LogP contribution in [0.3, 0.4) is 0 Å². The average Bonchev–Trinajstić information content (AvgIpc) is 2.66. The van der Waals surface area contributed by atoms with Crippen LogP contribution in [0.2, 0.25) is 5.02 Å². The lowest BCUT2D eigenvalue weighted by Gasteiger charge is -2.20. The van der Waals surface area contributed by atoms with E-state index in [0.717, 1.165) is 6.42 Å². The lowest BCUT2D eigenvalue weighted by molar-refractivity contribution is -0.123. The minimum absolute atomic E-state index is 0.0928. The third-order valence-corrected chi connectivity index (χ3v) is 6.11. The fraction of sp³-hybridized carbons (Fsp3) is 0.316. The molecule has 2 rings (SSSR count). The third-order valence-electron chi connectivity index (χ3n) is 4.06. The van der Waals surface area contributed by atoms with Gasteiger partial charge in [-0.1, -0.05) is 18.5 Å². The molecule has 0 unspecified atom stereocenters. The molecule has 0 radical (unpaired) electrons. The molecule has 0 bridgehead atoms. The van der Waals surface area contributed by atoms with Crippen LogP contribution in [0.5, 0.6) is 5.75 Å². The van der Waals surface area contributed by atoms with Crippen molar-refractivity contribution in [2.45, 2.75) is 31.2 Å². The van der Waals surface area contributed by atoms with Crippen molar-refractivity contribution in [2.24, 2.45) is 0 Å². The predicted octanol–water partition coefficient (Wildman–Crippen LogP) is 3.46. The van der Waals surface area contributed by atoms with Crippen LogP contribution in [-0.4, -0.2) is 34.0 Å². The van der Waals surface area contributed by atoms with E-state index in [0.29, 0.717) is 16.5 Å². The van der Waals surface area contributed by atoms with Crippen molar-refractivity contribution in [2.75, 3.05) is 18.0 Å². The molecule has 0 aliphatic carbocycles. The molecule has 0 saturated carbocycles. The molecule has 6 nitrogen and oxygen atoms in total. The van der Waals surface area contributed by atoms with Crippen molar-refractivity contribution in [1.82, 2.24) is 5.32 Å². The Bertz CT molecular complexity index is 868. The Balaban J connectivity index is 2.03. The third kappa shape index (κ3) is 5.61. The van der Waals surface area contributed by atoms with Crippen molar-refractivity contribution in [1.29, 1.82) is 0 Å². The van der Waals surface area contributed by atoms with E-state index >= 15 is 0 Å². The first-order valence-electron chi connectivity index (χ1n) is 8.50. The van der Waals surface area contributed by atoms with Crippen molar-refractivity contribution < 1.29 is 17.9 Å². The van der Waals surface area contributed by atoms with Gasteiger partial charge in [-0.3, -0.25) is 9.10 Å². The second kappa shape index (κ2) is 9.10. The summed E-state index contributed by atoms with van der Waals surface area (Å²) >= 11 is 5.81.